The number of carbonyl (C=O) groups excluding carboxylic acids is 2. The molecule has 2 aromatic heterocycles. The summed E-state index contributed by atoms with van der Waals surface area (Å²) in [6, 6.07) is 15.5. The number of rotatable bonds is 6. The lowest BCUT2D eigenvalue weighted by atomic mass is 9.91. The molecular weight excluding hydrogens is 532 g/mol. The number of aromatic nitrogens is 4. The molecule has 4 aromatic rings. The summed E-state index contributed by atoms with van der Waals surface area (Å²) in [5, 5.41) is 16.1. The minimum Gasteiger partial charge on any atom is -0.388 e. The van der Waals surface area contributed by atoms with Crippen molar-refractivity contribution in [3.05, 3.63) is 77.0 Å². The standard InChI is InChI=1S/C32H34N6O4/c39-29(35-14-1-2-15-35)23-8-6-22(7-9-23)25-4-3-5-26(18-25)38-28-27(19-34-38)31(41)37(21-33-28)20-32(42)12-16-36(17-13-32)30(40)24-10-11-24/h3-9,18-19,21,24,42H,1-2,10-17,20H2. The third-order valence-electron chi connectivity index (χ3n) is 8.90. The molecule has 2 amide bonds. The van der Waals surface area contributed by atoms with Gasteiger partial charge < -0.3 is 14.9 Å². The van der Waals surface area contributed by atoms with Gasteiger partial charge in [-0.05, 0) is 73.9 Å². The van der Waals surface area contributed by atoms with E-state index in [-0.39, 0.29) is 29.8 Å². The van der Waals surface area contributed by atoms with Gasteiger partial charge >= 0.3 is 0 Å². The van der Waals surface area contributed by atoms with Crippen LogP contribution in [-0.4, -0.2) is 77.8 Å². The zero-order chi connectivity index (χ0) is 28.8. The second kappa shape index (κ2) is 10.5. The normalized spacial score (nSPS) is 18.5. The number of piperidine rings is 1. The zero-order valence-corrected chi connectivity index (χ0v) is 23.5. The Kier molecular flexibility index (Phi) is 6.65. The first kappa shape index (κ1) is 26.6. The van der Waals surface area contributed by atoms with E-state index in [1.807, 2.05) is 58.3 Å². The summed E-state index contributed by atoms with van der Waals surface area (Å²) in [5.74, 6) is 0.436. The fourth-order valence-corrected chi connectivity index (χ4v) is 6.18. The molecule has 2 aliphatic heterocycles. The maximum Gasteiger partial charge on any atom is 0.264 e. The fourth-order valence-electron chi connectivity index (χ4n) is 6.18. The van der Waals surface area contributed by atoms with Crippen molar-refractivity contribution in [2.24, 2.45) is 5.92 Å². The molecule has 7 rings (SSSR count). The van der Waals surface area contributed by atoms with Crippen LogP contribution in [0.1, 0.15) is 48.9 Å². The van der Waals surface area contributed by atoms with Gasteiger partial charge in [0.1, 0.15) is 11.7 Å². The molecule has 42 heavy (non-hydrogen) atoms. The van der Waals surface area contributed by atoms with Gasteiger partial charge in [-0.3, -0.25) is 19.0 Å². The fraction of sp³-hybridized carbons (Fsp3) is 0.406. The summed E-state index contributed by atoms with van der Waals surface area (Å²) in [7, 11) is 0. The van der Waals surface area contributed by atoms with E-state index in [4.69, 9.17) is 0 Å². The summed E-state index contributed by atoms with van der Waals surface area (Å²) in [5.41, 5.74) is 2.49. The second-order valence-corrected chi connectivity index (χ2v) is 11.9. The van der Waals surface area contributed by atoms with Gasteiger partial charge in [-0.15, -0.1) is 0 Å². The summed E-state index contributed by atoms with van der Waals surface area (Å²) >= 11 is 0. The number of carbonyl (C=O) groups is 2. The van der Waals surface area contributed by atoms with E-state index in [0.717, 1.165) is 55.6 Å². The highest BCUT2D eigenvalue weighted by atomic mass is 16.3. The highest BCUT2D eigenvalue weighted by molar-refractivity contribution is 5.95. The lowest BCUT2D eigenvalue weighted by Gasteiger charge is -2.38. The molecule has 0 atom stereocenters. The van der Waals surface area contributed by atoms with Crippen LogP contribution >= 0.6 is 0 Å². The molecule has 0 spiro atoms. The molecule has 0 radical (unpaired) electrons. The number of fused-ring (bicyclic) bond motifs is 1. The lowest BCUT2D eigenvalue weighted by Crippen LogP contribution is -2.50. The Morgan fingerprint density at radius 1 is 0.929 bits per heavy atom. The number of hydrogen-bond donors (Lipinski definition) is 1. The van der Waals surface area contributed by atoms with Crippen LogP contribution in [0.3, 0.4) is 0 Å². The van der Waals surface area contributed by atoms with E-state index in [2.05, 4.69) is 10.1 Å². The molecular formula is C32H34N6O4. The topological polar surface area (TPSA) is 114 Å². The average molecular weight is 567 g/mol. The van der Waals surface area contributed by atoms with Gasteiger partial charge in [0, 0.05) is 37.7 Å². The number of nitrogens with zero attached hydrogens (tertiary/aromatic N) is 6. The molecule has 1 saturated carbocycles. The van der Waals surface area contributed by atoms with Crippen molar-refractivity contribution in [1.29, 1.82) is 0 Å². The quantitative estimate of drug-likeness (QED) is 0.383. The van der Waals surface area contributed by atoms with Crippen LogP contribution in [0.2, 0.25) is 0 Å². The van der Waals surface area contributed by atoms with Crippen molar-refractivity contribution in [2.45, 2.75) is 50.7 Å². The summed E-state index contributed by atoms with van der Waals surface area (Å²) in [4.78, 5) is 46.8. The van der Waals surface area contributed by atoms with E-state index in [0.29, 0.717) is 42.5 Å². The van der Waals surface area contributed by atoms with Crippen molar-refractivity contribution >= 4 is 22.8 Å². The molecule has 3 fully saturated rings. The Bertz CT molecular complexity index is 1710. The molecule has 10 heteroatoms. The molecule has 1 aliphatic carbocycles. The smallest absolute Gasteiger partial charge is 0.264 e. The van der Waals surface area contributed by atoms with Crippen molar-refractivity contribution < 1.29 is 14.7 Å². The second-order valence-electron chi connectivity index (χ2n) is 11.9. The molecule has 2 saturated heterocycles. The van der Waals surface area contributed by atoms with Crippen molar-refractivity contribution in [2.75, 3.05) is 26.2 Å². The van der Waals surface area contributed by atoms with Crippen LogP contribution in [0.15, 0.2) is 65.8 Å². The van der Waals surface area contributed by atoms with Gasteiger partial charge in [0.05, 0.1) is 24.0 Å². The molecule has 10 nitrogen and oxygen atoms in total. The molecule has 0 unspecified atom stereocenters. The number of hydrogen-bond acceptors (Lipinski definition) is 6. The number of benzene rings is 2. The first-order valence-electron chi connectivity index (χ1n) is 14.8. The Morgan fingerprint density at radius 2 is 1.67 bits per heavy atom. The summed E-state index contributed by atoms with van der Waals surface area (Å²) < 4.78 is 3.10. The van der Waals surface area contributed by atoms with Gasteiger partial charge in [0.15, 0.2) is 5.65 Å². The van der Waals surface area contributed by atoms with Crippen molar-refractivity contribution in [1.82, 2.24) is 29.1 Å². The van der Waals surface area contributed by atoms with Crippen LogP contribution in [0.5, 0.6) is 0 Å². The van der Waals surface area contributed by atoms with E-state index in [9.17, 15) is 19.5 Å². The molecule has 4 heterocycles. The Labute approximate surface area is 243 Å². The third kappa shape index (κ3) is 5.00. The number of amides is 2. The summed E-state index contributed by atoms with van der Waals surface area (Å²) in [6.07, 6.45) is 7.90. The maximum atomic E-state index is 13.4. The van der Waals surface area contributed by atoms with E-state index >= 15 is 0 Å². The highest BCUT2D eigenvalue weighted by Crippen LogP contribution is 2.33. The van der Waals surface area contributed by atoms with Crippen LogP contribution in [0, 0.1) is 5.92 Å². The predicted molar refractivity (Wildman–Crippen MR) is 157 cm³/mol. The largest absolute Gasteiger partial charge is 0.388 e. The first-order valence-corrected chi connectivity index (χ1v) is 14.8. The monoisotopic (exact) mass is 566 g/mol. The zero-order valence-electron chi connectivity index (χ0n) is 23.5. The SMILES string of the molecule is O=C(c1ccc(-c2cccc(-n3ncc4c(=O)n(CC5(O)CCN(C(=O)C6CC6)CC5)cnc43)c2)cc1)N1CCCC1. The van der Waals surface area contributed by atoms with E-state index in [1.54, 1.807) is 4.68 Å². The van der Waals surface area contributed by atoms with Crippen LogP contribution < -0.4 is 5.56 Å². The Balaban J connectivity index is 1.09. The van der Waals surface area contributed by atoms with Crippen LogP contribution in [-0.2, 0) is 11.3 Å². The first-order chi connectivity index (χ1) is 20.4. The molecule has 216 valence electrons. The number of aliphatic hydroxyl groups is 1. The van der Waals surface area contributed by atoms with Gasteiger partial charge in [-0.1, -0.05) is 24.3 Å². The van der Waals surface area contributed by atoms with Crippen molar-refractivity contribution in [3.63, 3.8) is 0 Å². The molecule has 3 aliphatic rings. The molecule has 0 bridgehead atoms. The molecule has 1 N–H and O–H groups in total. The number of likely N-dealkylation sites (tertiary alicyclic amines) is 2. The minimum absolute atomic E-state index is 0.0776. The predicted octanol–water partition coefficient (Wildman–Crippen LogP) is 3.25. The van der Waals surface area contributed by atoms with Crippen molar-refractivity contribution in [3.8, 4) is 16.8 Å². The Hall–Kier alpha value is -4.31. The van der Waals surface area contributed by atoms with Crippen LogP contribution in [0.4, 0.5) is 0 Å². The maximum absolute atomic E-state index is 13.4. The van der Waals surface area contributed by atoms with E-state index in [1.165, 1.54) is 17.1 Å². The van der Waals surface area contributed by atoms with Gasteiger partial charge in [-0.2, -0.15) is 5.10 Å². The van der Waals surface area contributed by atoms with Gasteiger partial charge in [0.2, 0.25) is 5.91 Å². The van der Waals surface area contributed by atoms with E-state index < -0.39 is 5.60 Å². The van der Waals surface area contributed by atoms with Gasteiger partial charge in [-0.25, -0.2) is 9.67 Å². The highest BCUT2D eigenvalue weighted by Gasteiger charge is 2.39. The van der Waals surface area contributed by atoms with Crippen LogP contribution in [0.25, 0.3) is 27.8 Å². The third-order valence-corrected chi connectivity index (χ3v) is 8.90. The Morgan fingerprint density at radius 3 is 2.38 bits per heavy atom. The lowest BCUT2D eigenvalue weighted by molar-refractivity contribution is -0.137. The molecule has 2 aromatic carbocycles. The van der Waals surface area contributed by atoms with Gasteiger partial charge in [0.25, 0.3) is 11.5 Å². The summed E-state index contributed by atoms with van der Waals surface area (Å²) in [6.45, 7) is 2.77. The minimum atomic E-state index is -1.07. The average Bonchev–Trinajstić information content (AvgIpc) is 3.53.